The summed E-state index contributed by atoms with van der Waals surface area (Å²) in [5.74, 6) is -2.91. The van der Waals surface area contributed by atoms with Gasteiger partial charge in [0.05, 0.1) is 23.7 Å². The molecule has 14 nitrogen and oxygen atoms in total. The van der Waals surface area contributed by atoms with Gasteiger partial charge in [-0.15, -0.1) is 23.1 Å². The lowest BCUT2D eigenvalue weighted by Crippen LogP contribution is -2.58. The van der Waals surface area contributed by atoms with E-state index in [9.17, 15) is 22.8 Å². The summed E-state index contributed by atoms with van der Waals surface area (Å²) in [5, 5.41) is 5.09. The Balaban J connectivity index is 1.24. The van der Waals surface area contributed by atoms with Gasteiger partial charge in [0.2, 0.25) is 5.91 Å². The van der Waals surface area contributed by atoms with Crippen LogP contribution < -0.4 is 10.6 Å². The molecule has 344 valence electrons. The quantitative estimate of drug-likeness (QED) is 0.0433. The van der Waals surface area contributed by atoms with Crippen LogP contribution in [0.2, 0.25) is 0 Å². The van der Waals surface area contributed by atoms with Crippen molar-refractivity contribution in [2.45, 2.75) is 61.3 Å². The third-order valence-corrected chi connectivity index (χ3v) is 13.1. The molecule has 3 unspecified atom stereocenters. The number of hydrogen-bond acceptors (Lipinski definition) is 13. The van der Waals surface area contributed by atoms with E-state index in [1.807, 2.05) is 103 Å². The van der Waals surface area contributed by atoms with Crippen LogP contribution in [0.25, 0.3) is 0 Å². The van der Waals surface area contributed by atoms with E-state index >= 15 is 4.79 Å². The zero-order valence-corrected chi connectivity index (χ0v) is 39.2. The normalized spacial score (nSPS) is 16.6. The molecular weight excluding hydrogens is 913 g/mol. The van der Waals surface area contributed by atoms with E-state index in [0.29, 0.717) is 27.8 Å². The topological polar surface area (TPSA) is 180 Å². The third-order valence-electron chi connectivity index (χ3n) is 10.5. The molecular formula is C50H46N4O10S3. The van der Waals surface area contributed by atoms with Crippen molar-refractivity contribution in [1.82, 2.24) is 15.2 Å². The van der Waals surface area contributed by atoms with E-state index in [1.54, 1.807) is 74.7 Å². The molecule has 3 amide bonds. The number of β-lactam (4-membered cyclic amide) rings is 1. The molecule has 0 bridgehead atoms. The number of esters is 1. The Morgan fingerprint density at radius 3 is 1.72 bits per heavy atom. The molecule has 5 aromatic carbocycles. The Labute approximate surface area is 396 Å². The minimum atomic E-state index is -4.42. The summed E-state index contributed by atoms with van der Waals surface area (Å²) in [6, 6.07) is 45.8. The summed E-state index contributed by atoms with van der Waals surface area (Å²) in [7, 11) is -4.42. The SMILES string of the molecule is CC(C)(C)OC(=O)Nc1nc(C(OC(c2ccccc2)(c2ccccc2)c2ccccc2)C(=O)NC2SC3CC(=O)N3C(C(=O)OC(c3ccccc3)c3ccccc3)=C2OS(C)(=O)=O)cs1. The maximum atomic E-state index is 15.4. The molecule has 6 aromatic rings. The van der Waals surface area contributed by atoms with Crippen LogP contribution in [-0.2, 0) is 48.5 Å². The molecule has 0 spiro atoms. The fraction of sp³-hybridized carbons (Fsp3) is 0.220. The van der Waals surface area contributed by atoms with Gasteiger partial charge in [-0.25, -0.2) is 14.6 Å². The van der Waals surface area contributed by atoms with Gasteiger partial charge in [-0.05, 0) is 48.6 Å². The smallest absolute Gasteiger partial charge is 0.413 e. The molecule has 3 atom stereocenters. The van der Waals surface area contributed by atoms with Gasteiger partial charge < -0.3 is 23.7 Å². The third kappa shape index (κ3) is 10.6. The maximum Gasteiger partial charge on any atom is 0.413 e. The summed E-state index contributed by atoms with van der Waals surface area (Å²) in [6.45, 7) is 5.16. The highest BCUT2D eigenvalue weighted by Gasteiger charge is 2.52. The first kappa shape index (κ1) is 46.7. The number of fused-ring (bicyclic) bond motifs is 1. The van der Waals surface area contributed by atoms with E-state index in [4.69, 9.17) is 18.4 Å². The number of rotatable bonds is 15. The lowest BCUT2D eigenvalue weighted by molar-refractivity contribution is -0.152. The molecule has 1 saturated heterocycles. The molecule has 1 aromatic heterocycles. The lowest BCUT2D eigenvalue weighted by Gasteiger charge is -2.46. The highest BCUT2D eigenvalue weighted by atomic mass is 32.2. The fourth-order valence-electron chi connectivity index (χ4n) is 7.73. The minimum absolute atomic E-state index is 0.0361. The van der Waals surface area contributed by atoms with Crippen LogP contribution in [0.1, 0.15) is 72.9 Å². The molecule has 0 saturated carbocycles. The molecule has 3 heterocycles. The number of nitrogens with one attached hydrogen (secondary N) is 2. The molecule has 0 aliphatic carbocycles. The second kappa shape index (κ2) is 19.6. The molecule has 67 heavy (non-hydrogen) atoms. The molecule has 8 rings (SSSR count). The van der Waals surface area contributed by atoms with Crippen LogP contribution >= 0.6 is 23.1 Å². The number of thioether (sulfide) groups is 1. The summed E-state index contributed by atoms with van der Waals surface area (Å²) in [6.07, 6.45) is -2.60. The van der Waals surface area contributed by atoms with E-state index in [-0.39, 0.29) is 17.2 Å². The number of carbonyl (C=O) groups excluding carboxylic acids is 4. The Bertz CT molecular complexity index is 2740. The average Bonchev–Trinajstić information content (AvgIpc) is 3.77. The van der Waals surface area contributed by atoms with Crippen molar-refractivity contribution in [2.75, 3.05) is 11.6 Å². The monoisotopic (exact) mass is 958 g/mol. The number of benzene rings is 5. The molecule has 2 aliphatic heterocycles. The predicted octanol–water partition coefficient (Wildman–Crippen LogP) is 8.81. The van der Waals surface area contributed by atoms with E-state index < -0.39 is 79.6 Å². The van der Waals surface area contributed by atoms with Gasteiger partial charge in [0.25, 0.3) is 5.91 Å². The van der Waals surface area contributed by atoms with Gasteiger partial charge in [0, 0.05) is 5.38 Å². The predicted molar refractivity (Wildman–Crippen MR) is 254 cm³/mol. The molecule has 17 heteroatoms. The van der Waals surface area contributed by atoms with Gasteiger partial charge in [-0.1, -0.05) is 152 Å². The first-order valence-electron chi connectivity index (χ1n) is 21.1. The molecule has 1 fully saturated rings. The van der Waals surface area contributed by atoms with Gasteiger partial charge in [0.15, 0.2) is 28.8 Å². The Morgan fingerprint density at radius 1 is 0.761 bits per heavy atom. The van der Waals surface area contributed by atoms with Crippen molar-refractivity contribution in [3.63, 3.8) is 0 Å². The number of amides is 3. The van der Waals surface area contributed by atoms with Crippen LogP contribution in [0.5, 0.6) is 0 Å². The van der Waals surface area contributed by atoms with Crippen molar-refractivity contribution in [3.05, 3.63) is 202 Å². The van der Waals surface area contributed by atoms with Crippen molar-refractivity contribution < 1.29 is 46.0 Å². The second-order valence-corrected chi connectivity index (χ2v) is 20.3. The number of ether oxygens (including phenoxy) is 3. The number of aromatic nitrogens is 1. The van der Waals surface area contributed by atoms with Gasteiger partial charge in [-0.3, -0.25) is 19.8 Å². The summed E-state index contributed by atoms with van der Waals surface area (Å²) in [4.78, 5) is 62.1. The van der Waals surface area contributed by atoms with Crippen molar-refractivity contribution in [2.24, 2.45) is 0 Å². The summed E-state index contributed by atoms with van der Waals surface area (Å²) >= 11 is 2.03. The summed E-state index contributed by atoms with van der Waals surface area (Å²) < 4.78 is 50.8. The zero-order chi connectivity index (χ0) is 47.3. The molecule has 2 N–H and O–H groups in total. The number of nitrogens with zero attached hydrogens (tertiary/aromatic N) is 2. The highest BCUT2D eigenvalue weighted by Crippen LogP contribution is 2.47. The van der Waals surface area contributed by atoms with Crippen LogP contribution in [-0.4, -0.2) is 64.8 Å². The molecule has 2 aliphatic rings. The van der Waals surface area contributed by atoms with E-state index in [2.05, 4.69) is 15.6 Å². The largest absolute Gasteiger partial charge is 0.448 e. The minimum Gasteiger partial charge on any atom is -0.448 e. The first-order chi connectivity index (χ1) is 32.1. The number of hydrogen-bond donors (Lipinski definition) is 2. The fourth-order valence-corrected chi connectivity index (χ4v) is 10.4. The number of thiazole rings is 1. The number of carbonyl (C=O) groups is 4. The molecule has 0 radical (unpaired) electrons. The average molecular weight is 959 g/mol. The standard InChI is InChI=1S/C50H46N4O10S3/c1-49(2,3)63-48(58)53-47-51-37(31-65-47)42(62-50(34-24-14-7-15-25-34,35-26-16-8-17-27-35)36-28-18-9-19-29-36)44(56)52-45-43(64-67(4,59)60)40(54-38(55)30-39(54)66-45)46(57)61-41(32-20-10-5-11-21-32)33-22-12-6-13-23-33/h5-29,31,39,41-42,45H,30H2,1-4H3,(H,52,56)(H,51,53,58). The first-order valence-corrected chi connectivity index (χ1v) is 24.8. The van der Waals surface area contributed by atoms with E-state index in [1.165, 1.54) is 0 Å². The van der Waals surface area contributed by atoms with Crippen molar-refractivity contribution in [1.29, 1.82) is 0 Å². The van der Waals surface area contributed by atoms with Crippen molar-refractivity contribution in [3.8, 4) is 0 Å². The Morgan fingerprint density at radius 2 is 1.25 bits per heavy atom. The van der Waals surface area contributed by atoms with Gasteiger partial charge in [0.1, 0.15) is 16.6 Å². The van der Waals surface area contributed by atoms with Crippen LogP contribution in [0.3, 0.4) is 0 Å². The second-order valence-electron chi connectivity index (χ2n) is 16.5. The van der Waals surface area contributed by atoms with Crippen molar-refractivity contribution >= 4 is 62.2 Å². The zero-order valence-electron chi connectivity index (χ0n) is 36.7. The Kier molecular flexibility index (Phi) is 13.7. The van der Waals surface area contributed by atoms with Crippen LogP contribution in [0.15, 0.2) is 168 Å². The van der Waals surface area contributed by atoms with E-state index in [0.717, 1.165) is 34.3 Å². The lowest BCUT2D eigenvalue weighted by atomic mass is 9.80. The van der Waals surface area contributed by atoms with Crippen LogP contribution in [0, 0.1) is 0 Å². The Hall–Kier alpha value is -6.79. The highest BCUT2D eigenvalue weighted by molar-refractivity contribution is 8.00. The van der Waals surface area contributed by atoms with Crippen LogP contribution in [0.4, 0.5) is 9.93 Å². The summed E-state index contributed by atoms with van der Waals surface area (Å²) in [5.41, 5.74) is 0.463. The number of anilines is 1. The van der Waals surface area contributed by atoms with Gasteiger partial charge >= 0.3 is 22.2 Å². The maximum absolute atomic E-state index is 15.4. The van der Waals surface area contributed by atoms with Gasteiger partial charge in [-0.2, -0.15) is 8.42 Å².